The Balaban J connectivity index is 1.40. The van der Waals surface area contributed by atoms with Crippen molar-refractivity contribution in [3.8, 4) is 33.9 Å². The summed E-state index contributed by atoms with van der Waals surface area (Å²) in [5, 5.41) is 11.9. The molecule has 172 valence electrons. The highest BCUT2D eigenvalue weighted by Gasteiger charge is 2.16. The highest BCUT2D eigenvalue weighted by atomic mass is 15.2. The second-order valence-electron chi connectivity index (χ2n) is 8.45. The lowest BCUT2D eigenvalue weighted by Gasteiger charge is -2.06. The molecule has 0 saturated carbocycles. The maximum absolute atomic E-state index is 4.92. The highest BCUT2D eigenvalue weighted by molar-refractivity contribution is 5.96. The minimum atomic E-state index is 0.642. The summed E-state index contributed by atoms with van der Waals surface area (Å²) in [6, 6.07) is 16.2. The number of imidazole rings is 1. The smallest absolute Gasteiger partial charge is 0.181 e. The Morgan fingerprint density at radius 3 is 2.77 bits per heavy atom. The first-order chi connectivity index (χ1) is 17.3. The van der Waals surface area contributed by atoms with Crippen molar-refractivity contribution in [2.75, 3.05) is 6.54 Å². The normalized spacial score (nSPS) is 11.5. The van der Waals surface area contributed by atoms with Crippen LogP contribution in [0.4, 0.5) is 0 Å². The van der Waals surface area contributed by atoms with Crippen LogP contribution in [0, 0.1) is 0 Å². The number of benzene rings is 1. The van der Waals surface area contributed by atoms with Gasteiger partial charge in [-0.25, -0.2) is 9.97 Å². The van der Waals surface area contributed by atoms with Crippen molar-refractivity contribution in [2.24, 2.45) is 0 Å². The van der Waals surface area contributed by atoms with Gasteiger partial charge < -0.3 is 10.3 Å². The zero-order valence-electron chi connectivity index (χ0n) is 19.3. The van der Waals surface area contributed by atoms with Crippen LogP contribution in [0.25, 0.3) is 56.0 Å². The number of nitrogens with one attached hydrogen (secondary N) is 3. The van der Waals surface area contributed by atoms with Gasteiger partial charge >= 0.3 is 0 Å². The lowest BCUT2D eigenvalue weighted by Crippen LogP contribution is -2.13. The number of nitrogens with zero attached hydrogens (tertiary/aromatic N) is 5. The third kappa shape index (κ3) is 4.04. The van der Waals surface area contributed by atoms with Crippen LogP contribution in [0.15, 0.2) is 73.3 Å². The third-order valence-electron chi connectivity index (χ3n) is 5.98. The first kappa shape index (κ1) is 21.1. The summed E-state index contributed by atoms with van der Waals surface area (Å²) in [6.07, 6.45) is 8.50. The van der Waals surface area contributed by atoms with E-state index in [0.717, 1.165) is 69.6 Å². The van der Waals surface area contributed by atoms with Crippen LogP contribution in [0.2, 0.25) is 0 Å². The number of aromatic amines is 2. The number of pyridine rings is 3. The number of rotatable bonds is 7. The number of fused-ring (bicyclic) bond motifs is 2. The first-order valence-electron chi connectivity index (χ1n) is 11.7. The predicted molar refractivity (Wildman–Crippen MR) is 137 cm³/mol. The number of hydrogen-bond acceptors (Lipinski definition) is 6. The van der Waals surface area contributed by atoms with Gasteiger partial charge in [-0.2, -0.15) is 5.10 Å². The van der Waals surface area contributed by atoms with Gasteiger partial charge in [0, 0.05) is 48.0 Å². The van der Waals surface area contributed by atoms with Crippen molar-refractivity contribution in [3.63, 3.8) is 0 Å². The maximum Gasteiger partial charge on any atom is 0.181 e. The summed E-state index contributed by atoms with van der Waals surface area (Å²) in [5.41, 5.74) is 8.25. The first-order valence-corrected chi connectivity index (χ1v) is 11.7. The van der Waals surface area contributed by atoms with Crippen LogP contribution in [0.1, 0.15) is 18.9 Å². The quantitative estimate of drug-likeness (QED) is 0.285. The molecule has 5 aromatic heterocycles. The molecule has 0 saturated heterocycles. The number of aromatic nitrogens is 7. The van der Waals surface area contributed by atoms with E-state index in [0.29, 0.717) is 11.5 Å². The number of H-pyrrole nitrogens is 2. The summed E-state index contributed by atoms with van der Waals surface area (Å²) in [5.74, 6) is 0.709. The SMILES string of the molecule is CCCNCc1cncc(-c2cnc3n[nH]c(-c4nc5c(-c6ccccn6)cccc5[nH]4)c3c2)c1. The van der Waals surface area contributed by atoms with E-state index in [1.54, 1.807) is 6.20 Å². The van der Waals surface area contributed by atoms with E-state index in [9.17, 15) is 0 Å². The van der Waals surface area contributed by atoms with Gasteiger partial charge in [0.15, 0.2) is 11.5 Å². The Kier molecular flexibility index (Phi) is 5.48. The van der Waals surface area contributed by atoms with E-state index >= 15 is 0 Å². The Morgan fingerprint density at radius 1 is 0.943 bits per heavy atom. The average Bonchev–Trinajstić information content (AvgIpc) is 3.53. The zero-order valence-corrected chi connectivity index (χ0v) is 19.3. The molecular weight excluding hydrogens is 436 g/mol. The van der Waals surface area contributed by atoms with Crippen molar-refractivity contribution < 1.29 is 0 Å². The van der Waals surface area contributed by atoms with Crippen LogP contribution in [0.3, 0.4) is 0 Å². The van der Waals surface area contributed by atoms with Crippen molar-refractivity contribution in [1.29, 1.82) is 0 Å². The molecule has 0 unspecified atom stereocenters. The molecule has 0 fully saturated rings. The molecule has 0 atom stereocenters. The van der Waals surface area contributed by atoms with Crippen LogP contribution >= 0.6 is 0 Å². The molecule has 35 heavy (non-hydrogen) atoms. The minimum Gasteiger partial charge on any atom is -0.337 e. The monoisotopic (exact) mass is 460 g/mol. The van der Waals surface area contributed by atoms with Gasteiger partial charge in [-0.05, 0) is 48.9 Å². The molecule has 0 radical (unpaired) electrons. The Morgan fingerprint density at radius 2 is 1.89 bits per heavy atom. The lowest BCUT2D eigenvalue weighted by molar-refractivity contribution is 0.674. The summed E-state index contributed by atoms with van der Waals surface area (Å²) in [6.45, 7) is 3.93. The summed E-state index contributed by atoms with van der Waals surface area (Å²) < 4.78 is 0. The van der Waals surface area contributed by atoms with Crippen LogP contribution in [-0.2, 0) is 6.54 Å². The molecule has 0 bridgehead atoms. The molecule has 8 heteroatoms. The number of hydrogen-bond donors (Lipinski definition) is 3. The van der Waals surface area contributed by atoms with Crippen LogP contribution < -0.4 is 5.32 Å². The topological polar surface area (TPSA) is 108 Å². The van der Waals surface area contributed by atoms with Gasteiger partial charge in [0.25, 0.3) is 0 Å². The highest BCUT2D eigenvalue weighted by Crippen LogP contribution is 2.32. The molecular formula is C27H24N8. The van der Waals surface area contributed by atoms with Crippen LogP contribution in [-0.4, -0.2) is 41.7 Å². The molecule has 0 aliphatic heterocycles. The molecule has 6 rings (SSSR count). The summed E-state index contributed by atoms with van der Waals surface area (Å²) in [7, 11) is 0. The van der Waals surface area contributed by atoms with Gasteiger partial charge in [-0.1, -0.05) is 25.1 Å². The second kappa shape index (κ2) is 9.08. The zero-order chi connectivity index (χ0) is 23.6. The molecule has 0 spiro atoms. The summed E-state index contributed by atoms with van der Waals surface area (Å²) in [4.78, 5) is 21.9. The lowest BCUT2D eigenvalue weighted by atomic mass is 10.1. The van der Waals surface area contributed by atoms with Crippen LogP contribution in [0.5, 0.6) is 0 Å². The van der Waals surface area contributed by atoms with Crippen molar-refractivity contribution in [1.82, 2.24) is 40.4 Å². The van der Waals surface area contributed by atoms with Crippen molar-refractivity contribution >= 4 is 22.1 Å². The maximum atomic E-state index is 4.92. The Labute approximate surface area is 201 Å². The molecule has 6 aromatic rings. The average molecular weight is 461 g/mol. The second-order valence-corrected chi connectivity index (χ2v) is 8.45. The Bertz CT molecular complexity index is 1620. The Hall–Kier alpha value is -4.43. The van der Waals surface area contributed by atoms with Crippen molar-refractivity contribution in [2.45, 2.75) is 19.9 Å². The molecule has 1 aromatic carbocycles. The molecule has 0 amide bonds. The molecule has 0 aliphatic rings. The predicted octanol–water partition coefficient (Wildman–Crippen LogP) is 5.12. The van der Waals surface area contributed by atoms with E-state index in [1.807, 2.05) is 55.0 Å². The van der Waals surface area contributed by atoms with Gasteiger partial charge in [0.1, 0.15) is 5.69 Å². The van der Waals surface area contributed by atoms with Crippen molar-refractivity contribution in [3.05, 3.63) is 78.9 Å². The van der Waals surface area contributed by atoms with Gasteiger partial charge in [0.05, 0.1) is 22.1 Å². The van der Waals surface area contributed by atoms with E-state index in [2.05, 4.69) is 54.5 Å². The van der Waals surface area contributed by atoms with E-state index < -0.39 is 0 Å². The minimum absolute atomic E-state index is 0.642. The fourth-order valence-corrected chi connectivity index (χ4v) is 4.27. The molecule has 0 aliphatic carbocycles. The third-order valence-corrected chi connectivity index (χ3v) is 5.98. The standard InChI is InChI=1S/C27H24N8/c1-2-9-28-13-17-11-18(15-29-14-17)19-12-21-25(34-35-26(21)31-16-19)27-32-23-8-5-6-20(24(23)33-27)22-7-3-4-10-30-22/h3-8,10-12,14-16,28H,2,9,13H2,1H3,(H,32,33)(H,31,34,35). The number of para-hydroxylation sites is 1. The van der Waals surface area contributed by atoms with Gasteiger partial charge in [0.2, 0.25) is 0 Å². The molecule has 3 N–H and O–H groups in total. The van der Waals surface area contributed by atoms with Gasteiger partial charge in [-0.3, -0.25) is 15.1 Å². The fraction of sp³-hybridized carbons (Fsp3) is 0.148. The fourth-order valence-electron chi connectivity index (χ4n) is 4.27. The molecule has 8 nitrogen and oxygen atoms in total. The van der Waals surface area contributed by atoms with E-state index in [4.69, 9.17) is 4.98 Å². The van der Waals surface area contributed by atoms with E-state index in [-0.39, 0.29) is 0 Å². The molecule has 5 heterocycles. The van der Waals surface area contributed by atoms with Gasteiger partial charge in [-0.15, -0.1) is 0 Å². The van der Waals surface area contributed by atoms with E-state index in [1.165, 1.54) is 0 Å². The largest absolute Gasteiger partial charge is 0.337 e. The summed E-state index contributed by atoms with van der Waals surface area (Å²) >= 11 is 0.